The summed E-state index contributed by atoms with van der Waals surface area (Å²) in [5, 5.41) is 7.63. The molecular weight excluding hydrogens is 366 g/mol. The van der Waals surface area contributed by atoms with Crippen LogP contribution in [0.4, 0.5) is 19.3 Å². The fraction of sp³-hybridized carbons (Fsp3) is 0.190. The minimum absolute atomic E-state index is 0.0251. The van der Waals surface area contributed by atoms with E-state index in [1.807, 2.05) is 42.5 Å². The maximum atomic E-state index is 12.4. The van der Waals surface area contributed by atoms with Gasteiger partial charge in [0.2, 0.25) is 0 Å². The fourth-order valence-electron chi connectivity index (χ4n) is 2.88. The summed E-state index contributed by atoms with van der Waals surface area (Å²) in [6, 6.07) is 17.9. The van der Waals surface area contributed by atoms with E-state index in [-0.39, 0.29) is 17.5 Å². The summed E-state index contributed by atoms with van der Waals surface area (Å²) >= 11 is 0. The number of anilines is 1. The Morgan fingerprint density at radius 3 is 2.61 bits per heavy atom. The zero-order chi connectivity index (χ0) is 19.9. The van der Waals surface area contributed by atoms with Crippen LogP contribution in [0.25, 0.3) is 10.8 Å². The molecule has 0 saturated carbocycles. The molecule has 0 aliphatic heterocycles. The van der Waals surface area contributed by atoms with Crippen LogP contribution in [0.1, 0.15) is 5.56 Å². The van der Waals surface area contributed by atoms with E-state index in [1.165, 1.54) is 13.2 Å². The number of ether oxygens (including phenoxy) is 2. The van der Waals surface area contributed by atoms with Crippen LogP contribution in [0, 0.1) is 0 Å². The molecule has 0 aliphatic rings. The molecule has 0 saturated heterocycles. The predicted octanol–water partition coefficient (Wildman–Crippen LogP) is 4.81. The van der Waals surface area contributed by atoms with Crippen molar-refractivity contribution in [2.24, 2.45) is 0 Å². The highest BCUT2D eigenvalue weighted by Gasteiger charge is 2.11. The summed E-state index contributed by atoms with van der Waals surface area (Å²) in [5.41, 5.74) is 1.55. The number of nitrogens with one attached hydrogen (secondary N) is 2. The summed E-state index contributed by atoms with van der Waals surface area (Å²) in [4.78, 5) is 12.2. The molecule has 28 heavy (non-hydrogen) atoms. The second-order valence-corrected chi connectivity index (χ2v) is 6.02. The molecule has 3 rings (SSSR count). The molecular formula is C21H20F2N2O3. The number of halogens is 2. The van der Waals surface area contributed by atoms with Gasteiger partial charge in [-0.15, -0.1) is 0 Å². The standard InChI is InChI=1S/C21H20F2N2O3/c1-27-19-13-14(9-10-18(19)28-20(22)23)11-12-24-21(26)25-17-8-4-6-15-5-2-3-7-16(15)17/h2-10,13,20H,11-12H2,1H3,(H2,24,25,26). The lowest BCUT2D eigenvalue weighted by molar-refractivity contribution is -0.0512. The molecule has 0 bridgehead atoms. The number of carbonyl (C=O) groups is 1. The van der Waals surface area contributed by atoms with Gasteiger partial charge in [0.1, 0.15) is 0 Å². The first-order valence-corrected chi connectivity index (χ1v) is 8.71. The number of hydrogen-bond acceptors (Lipinski definition) is 3. The molecule has 0 radical (unpaired) electrons. The fourth-order valence-corrected chi connectivity index (χ4v) is 2.88. The van der Waals surface area contributed by atoms with E-state index in [4.69, 9.17) is 4.74 Å². The number of rotatable bonds is 7. The van der Waals surface area contributed by atoms with E-state index >= 15 is 0 Å². The van der Waals surface area contributed by atoms with Crippen molar-refractivity contribution in [1.29, 1.82) is 0 Å². The van der Waals surface area contributed by atoms with Crippen LogP contribution in [-0.4, -0.2) is 26.3 Å². The third kappa shape index (κ3) is 4.88. The van der Waals surface area contributed by atoms with Gasteiger partial charge in [-0.1, -0.05) is 42.5 Å². The Labute approximate surface area is 161 Å². The quantitative estimate of drug-likeness (QED) is 0.612. The Hall–Kier alpha value is -3.35. The number of methoxy groups -OCH3 is 1. The molecule has 0 aliphatic carbocycles. The van der Waals surface area contributed by atoms with Crippen molar-refractivity contribution in [1.82, 2.24) is 5.32 Å². The molecule has 3 aromatic rings. The first-order chi connectivity index (χ1) is 13.6. The maximum absolute atomic E-state index is 12.4. The van der Waals surface area contributed by atoms with E-state index < -0.39 is 6.61 Å². The van der Waals surface area contributed by atoms with Gasteiger partial charge >= 0.3 is 12.6 Å². The highest BCUT2D eigenvalue weighted by atomic mass is 19.3. The predicted molar refractivity (Wildman–Crippen MR) is 104 cm³/mol. The van der Waals surface area contributed by atoms with Crippen molar-refractivity contribution >= 4 is 22.5 Å². The SMILES string of the molecule is COc1cc(CCNC(=O)Nc2cccc3ccccc23)ccc1OC(F)F. The lowest BCUT2D eigenvalue weighted by atomic mass is 10.1. The average molecular weight is 386 g/mol. The first kappa shape index (κ1) is 19.4. The minimum Gasteiger partial charge on any atom is -0.493 e. The zero-order valence-corrected chi connectivity index (χ0v) is 15.2. The van der Waals surface area contributed by atoms with Crippen molar-refractivity contribution in [3.63, 3.8) is 0 Å². The topological polar surface area (TPSA) is 59.6 Å². The van der Waals surface area contributed by atoms with Gasteiger partial charge in [-0.3, -0.25) is 0 Å². The monoisotopic (exact) mass is 386 g/mol. The largest absolute Gasteiger partial charge is 0.493 e. The number of alkyl halides is 2. The lowest BCUT2D eigenvalue weighted by Gasteiger charge is -2.12. The van der Waals surface area contributed by atoms with Gasteiger partial charge < -0.3 is 20.1 Å². The van der Waals surface area contributed by atoms with Crippen molar-refractivity contribution < 1.29 is 23.0 Å². The third-order valence-electron chi connectivity index (χ3n) is 4.18. The lowest BCUT2D eigenvalue weighted by Crippen LogP contribution is -2.30. The number of urea groups is 1. The normalized spacial score (nSPS) is 10.7. The number of hydrogen-bond donors (Lipinski definition) is 2. The number of amides is 2. The maximum Gasteiger partial charge on any atom is 0.387 e. The summed E-state index contributed by atoms with van der Waals surface area (Å²) in [6.45, 7) is -2.55. The molecule has 0 heterocycles. The highest BCUT2D eigenvalue weighted by molar-refractivity contribution is 6.01. The van der Waals surface area contributed by atoms with Crippen LogP contribution in [-0.2, 0) is 6.42 Å². The summed E-state index contributed by atoms with van der Waals surface area (Å²) in [7, 11) is 1.38. The van der Waals surface area contributed by atoms with E-state index in [2.05, 4.69) is 15.4 Å². The Bertz CT molecular complexity index is 958. The van der Waals surface area contributed by atoms with Gasteiger partial charge in [0.15, 0.2) is 11.5 Å². The van der Waals surface area contributed by atoms with Crippen molar-refractivity contribution in [3.8, 4) is 11.5 Å². The van der Waals surface area contributed by atoms with Crippen molar-refractivity contribution in [3.05, 3.63) is 66.2 Å². The Balaban J connectivity index is 1.56. The molecule has 5 nitrogen and oxygen atoms in total. The van der Waals surface area contributed by atoms with Crippen LogP contribution < -0.4 is 20.1 Å². The van der Waals surface area contributed by atoms with Gasteiger partial charge in [-0.2, -0.15) is 8.78 Å². The van der Waals surface area contributed by atoms with Gasteiger partial charge in [0.05, 0.1) is 12.8 Å². The van der Waals surface area contributed by atoms with Crippen LogP contribution in [0.2, 0.25) is 0 Å². The van der Waals surface area contributed by atoms with Crippen LogP contribution >= 0.6 is 0 Å². The van der Waals surface area contributed by atoms with Crippen LogP contribution in [0.3, 0.4) is 0 Å². The van der Waals surface area contributed by atoms with Gasteiger partial charge in [-0.25, -0.2) is 4.79 Å². The molecule has 3 aromatic carbocycles. The molecule has 0 fully saturated rings. The second kappa shape index (κ2) is 9.03. The Morgan fingerprint density at radius 2 is 1.82 bits per heavy atom. The van der Waals surface area contributed by atoms with Crippen LogP contribution in [0.5, 0.6) is 11.5 Å². The second-order valence-electron chi connectivity index (χ2n) is 6.02. The van der Waals surface area contributed by atoms with E-state index in [1.54, 1.807) is 12.1 Å². The van der Waals surface area contributed by atoms with E-state index in [9.17, 15) is 13.6 Å². The minimum atomic E-state index is -2.92. The van der Waals surface area contributed by atoms with Gasteiger partial charge in [0, 0.05) is 11.9 Å². The Morgan fingerprint density at radius 1 is 1.04 bits per heavy atom. The molecule has 146 valence electrons. The van der Waals surface area contributed by atoms with E-state index in [0.717, 1.165) is 22.0 Å². The molecule has 0 unspecified atom stereocenters. The van der Waals surface area contributed by atoms with Crippen molar-refractivity contribution in [2.75, 3.05) is 19.0 Å². The average Bonchev–Trinajstić information content (AvgIpc) is 2.69. The number of fused-ring (bicyclic) bond motifs is 1. The summed E-state index contributed by atoms with van der Waals surface area (Å²) in [5.74, 6) is 0.195. The van der Waals surface area contributed by atoms with Crippen LogP contribution in [0.15, 0.2) is 60.7 Å². The molecule has 2 amide bonds. The molecule has 7 heteroatoms. The highest BCUT2D eigenvalue weighted by Crippen LogP contribution is 2.29. The molecule has 0 spiro atoms. The van der Waals surface area contributed by atoms with E-state index in [0.29, 0.717) is 13.0 Å². The molecule has 0 aromatic heterocycles. The summed E-state index contributed by atoms with van der Waals surface area (Å²) < 4.78 is 34.2. The smallest absolute Gasteiger partial charge is 0.387 e. The van der Waals surface area contributed by atoms with Gasteiger partial charge in [0.25, 0.3) is 0 Å². The summed E-state index contributed by atoms with van der Waals surface area (Å²) in [6.07, 6.45) is 0.508. The number of benzene rings is 3. The molecule has 0 atom stereocenters. The first-order valence-electron chi connectivity index (χ1n) is 8.71. The van der Waals surface area contributed by atoms with Crippen molar-refractivity contribution in [2.45, 2.75) is 13.0 Å². The molecule has 2 N–H and O–H groups in total. The number of carbonyl (C=O) groups excluding carboxylic acids is 1. The van der Waals surface area contributed by atoms with Gasteiger partial charge in [-0.05, 0) is 35.6 Å². The zero-order valence-electron chi connectivity index (χ0n) is 15.2. The Kier molecular flexibility index (Phi) is 6.26. The third-order valence-corrected chi connectivity index (χ3v) is 4.18.